The van der Waals surface area contributed by atoms with Crippen molar-refractivity contribution < 1.29 is 9.59 Å². The average molecular weight is 368 g/mol. The number of nitrogens with two attached hydrogens (primary N) is 1. The summed E-state index contributed by atoms with van der Waals surface area (Å²) < 4.78 is 0.954. The molecule has 0 saturated carbocycles. The molecular formula is C19H20N4O2S. The Labute approximate surface area is 155 Å². The maximum atomic E-state index is 13.0. The van der Waals surface area contributed by atoms with Gasteiger partial charge in [-0.3, -0.25) is 14.6 Å². The van der Waals surface area contributed by atoms with Crippen molar-refractivity contribution in [2.24, 2.45) is 5.73 Å². The number of amides is 1. The lowest BCUT2D eigenvalue weighted by atomic mass is 10.0. The van der Waals surface area contributed by atoms with Gasteiger partial charge in [-0.2, -0.15) is 0 Å². The van der Waals surface area contributed by atoms with Gasteiger partial charge in [0.25, 0.3) is 5.91 Å². The van der Waals surface area contributed by atoms with E-state index in [1.165, 1.54) is 17.5 Å². The number of unbranched alkanes of at least 4 members (excludes halogenated alkanes) is 1. The fourth-order valence-electron chi connectivity index (χ4n) is 2.63. The molecule has 26 heavy (non-hydrogen) atoms. The molecule has 6 nitrogen and oxygen atoms in total. The average Bonchev–Trinajstić information content (AvgIpc) is 3.11. The normalized spacial score (nSPS) is 12.0. The first-order valence-electron chi connectivity index (χ1n) is 8.50. The molecule has 3 N–H and O–H groups in total. The number of pyridine rings is 1. The van der Waals surface area contributed by atoms with Crippen LogP contribution in [0.3, 0.4) is 0 Å². The minimum atomic E-state index is -0.630. The summed E-state index contributed by atoms with van der Waals surface area (Å²) in [4.78, 5) is 33.8. The van der Waals surface area contributed by atoms with Crippen LogP contribution in [0.4, 0.5) is 0 Å². The van der Waals surface area contributed by atoms with Crippen molar-refractivity contribution in [2.75, 3.05) is 6.54 Å². The van der Waals surface area contributed by atoms with Gasteiger partial charge in [0.05, 0.1) is 21.8 Å². The highest BCUT2D eigenvalue weighted by molar-refractivity contribution is 7.20. The number of thiazole rings is 1. The van der Waals surface area contributed by atoms with Gasteiger partial charge >= 0.3 is 0 Å². The SMILES string of the molecule is NCCCC[C@H](NC(=O)c1cccnc1)C(=O)c1nc2ccccc2s1. The zero-order valence-electron chi connectivity index (χ0n) is 14.2. The van der Waals surface area contributed by atoms with Crippen LogP contribution in [0.1, 0.15) is 39.4 Å². The number of nitrogens with zero attached hydrogens (tertiary/aromatic N) is 2. The molecule has 134 valence electrons. The van der Waals surface area contributed by atoms with Crippen LogP contribution in [0.2, 0.25) is 0 Å². The van der Waals surface area contributed by atoms with E-state index in [1.807, 2.05) is 24.3 Å². The Morgan fingerprint density at radius 1 is 1.15 bits per heavy atom. The number of carbonyl (C=O) groups is 2. The summed E-state index contributed by atoms with van der Waals surface area (Å²) in [6, 6.07) is 10.3. The molecule has 3 aromatic rings. The predicted molar refractivity (Wildman–Crippen MR) is 102 cm³/mol. The highest BCUT2D eigenvalue weighted by atomic mass is 32.1. The molecule has 0 aliphatic carbocycles. The molecule has 1 aromatic carbocycles. The number of aromatic nitrogens is 2. The lowest BCUT2D eigenvalue weighted by molar-refractivity contribution is 0.0851. The third-order valence-electron chi connectivity index (χ3n) is 4.00. The molecule has 0 aliphatic heterocycles. The molecule has 0 bridgehead atoms. The Kier molecular flexibility index (Phi) is 6.04. The number of Topliss-reactive ketones (excluding diaryl/α,β-unsaturated/α-hetero) is 1. The smallest absolute Gasteiger partial charge is 0.253 e. The highest BCUT2D eigenvalue weighted by Gasteiger charge is 2.25. The standard InChI is InChI=1S/C19H20N4O2S/c20-10-4-3-8-15(22-18(25)13-6-5-11-21-12-13)17(24)19-23-14-7-1-2-9-16(14)26-19/h1-2,5-7,9,11-12,15H,3-4,8,10,20H2,(H,22,25)/t15-/m0/s1. The van der Waals surface area contributed by atoms with E-state index < -0.39 is 6.04 Å². The molecule has 0 fully saturated rings. The fourth-order valence-corrected chi connectivity index (χ4v) is 3.59. The summed E-state index contributed by atoms with van der Waals surface area (Å²) in [6.07, 6.45) is 5.16. The Morgan fingerprint density at radius 2 is 2.00 bits per heavy atom. The summed E-state index contributed by atoms with van der Waals surface area (Å²) in [7, 11) is 0. The monoisotopic (exact) mass is 368 g/mol. The number of hydrogen-bond acceptors (Lipinski definition) is 6. The first-order chi connectivity index (χ1) is 12.7. The van der Waals surface area contributed by atoms with E-state index >= 15 is 0 Å². The number of hydrogen-bond donors (Lipinski definition) is 2. The second-order valence-corrected chi connectivity index (χ2v) is 6.93. The van der Waals surface area contributed by atoms with Crippen LogP contribution in [0.5, 0.6) is 0 Å². The Morgan fingerprint density at radius 3 is 2.73 bits per heavy atom. The van der Waals surface area contributed by atoms with Crippen LogP contribution in [-0.4, -0.2) is 34.2 Å². The third-order valence-corrected chi connectivity index (χ3v) is 5.05. The minimum Gasteiger partial charge on any atom is -0.342 e. The van der Waals surface area contributed by atoms with Crippen molar-refractivity contribution >= 4 is 33.2 Å². The second kappa shape index (κ2) is 8.64. The van der Waals surface area contributed by atoms with E-state index in [9.17, 15) is 9.59 Å². The first kappa shape index (κ1) is 18.2. The van der Waals surface area contributed by atoms with Gasteiger partial charge in [0.1, 0.15) is 0 Å². The van der Waals surface area contributed by atoms with Gasteiger partial charge in [-0.25, -0.2) is 4.98 Å². The molecule has 0 saturated heterocycles. The summed E-state index contributed by atoms with van der Waals surface area (Å²) in [5.41, 5.74) is 6.77. The van der Waals surface area contributed by atoms with Crippen molar-refractivity contribution in [2.45, 2.75) is 25.3 Å². The number of benzene rings is 1. The number of carbonyl (C=O) groups excluding carboxylic acids is 2. The second-order valence-electron chi connectivity index (χ2n) is 5.90. The van der Waals surface area contributed by atoms with Crippen LogP contribution in [0.15, 0.2) is 48.8 Å². The van der Waals surface area contributed by atoms with Crippen molar-refractivity contribution in [3.63, 3.8) is 0 Å². The highest BCUT2D eigenvalue weighted by Crippen LogP contribution is 2.23. The molecule has 1 atom stereocenters. The largest absolute Gasteiger partial charge is 0.342 e. The van der Waals surface area contributed by atoms with Crippen LogP contribution >= 0.6 is 11.3 Å². The Hall–Kier alpha value is -2.64. The van der Waals surface area contributed by atoms with Crippen LogP contribution in [0, 0.1) is 0 Å². The summed E-state index contributed by atoms with van der Waals surface area (Å²) in [5, 5.41) is 3.24. The van der Waals surface area contributed by atoms with Crippen molar-refractivity contribution in [1.29, 1.82) is 0 Å². The van der Waals surface area contributed by atoms with Gasteiger partial charge in [-0.15, -0.1) is 11.3 Å². The Balaban J connectivity index is 1.80. The number of nitrogens with one attached hydrogen (secondary N) is 1. The van der Waals surface area contributed by atoms with Crippen LogP contribution in [0.25, 0.3) is 10.2 Å². The Bertz CT molecular complexity index is 862. The molecular weight excluding hydrogens is 348 g/mol. The van der Waals surface area contributed by atoms with E-state index in [1.54, 1.807) is 18.3 Å². The maximum absolute atomic E-state index is 13.0. The quantitative estimate of drug-likeness (QED) is 0.471. The molecule has 3 rings (SSSR count). The predicted octanol–water partition coefficient (Wildman–Crippen LogP) is 2.80. The molecule has 0 spiro atoms. The van der Waals surface area contributed by atoms with Gasteiger partial charge in [-0.05, 0) is 50.1 Å². The summed E-state index contributed by atoms with van der Waals surface area (Å²) >= 11 is 1.35. The molecule has 0 radical (unpaired) electrons. The van der Waals surface area contributed by atoms with E-state index in [4.69, 9.17) is 5.73 Å². The minimum absolute atomic E-state index is 0.166. The fraction of sp³-hybridized carbons (Fsp3) is 0.263. The first-order valence-corrected chi connectivity index (χ1v) is 9.31. The van der Waals surface area contributed by atoms with Gasteiger partial charge in [-0.1, -0.05) is 12.1 Å². The van der Waals surface area contributed by atoms with Crippen LogP contribution in [-0.2, 0) is 0 Å². The van der Waals surface area contributed by atoms with Gasteiger partial charge in [0.2, 0.25) is 5.78 Å². The molecule has 0 unspecified atom stereocenters. The van der Waals surface area contributed by atoms with Gasteiger partial charge in [0.15, 0.2) is 5.01 Å². The number of para-hydroxylation sites is 1. The molecule has 2 aromatic heterocycles. The molecule has 2 heterocycles. The molecule has 7 heteroatoms. The zero-order chi connectivity index (χ0) is 18.4. The lowest BCUT2D eigenvalue weighted by Crippen LogP contribution is -2.41. The van der Waals surface area contributed by atoms with E-state index in [-0.39, 0.29) is 11.7 Å². The van der Waals surface area contributed by atoms with E-state index in [2.05, 4.69) is 15.3 Å². The van der Waals surface area contributed by atoms with E-state index in [0.29, 0.717) is 23.5 Å². The van der Waals surface area contributed by atoms with E-state index in [0.717, 1.165) is 23.1 Å². The summed E-state index contributed by atoms with van der Waals surface area (Å²) in [6.45, 7) is 0.554. The number of fused-ring (bicyclic) bond motifs is 1. The van der Waals surface area contributed by atoms with Crippen molar-refractivity contribution in [3.8, 4) is 0 Å². The van der Waals surface area contributed by atoms with Crippen LogP contribution < -0.4 is 11.1 Å². The van der Waals surface area contributed by atoms with Crippen molar-refractivity contribution in [1.82, 2.24) is 15.3 Å². The maximum Gasteiger partial charge on any atom is 0.253 e. The summed E-state index contributed by atoms with van der Waals surface area (Å²) in [5.74, 6) is -0.481. The zero-order valence-corrected chi connectivity index (χ0v) is 15.0. The molecule has 1 amide bonds. The van der Waals surface area contributed by atoms with Gasteiger partial charge < -0.3 is 11.1 Å². The third kappa shape index (κ3) is 4.30. The topological polar surface area (TPSA) is 98.0 Å². The number of ketones is 1. The van der Waals surface area contributed by atoms with Crippen molar-refractivity contribution in [3.05, 3.63) is 59.4 Å². The lowest BCUT2D eigenvalue weighted by Gasteiger charge is -2.16. The number of rotatable bonds is 8. The molecule has 0 aliphatic rings. The van der Waals surface area contributed by atoms with Gasteiger partial charge in [0, 0.05) is 12.4 Å².